The number of benzene rings is 4. The lowest BCUT2D eigenvalue weighted by atomic mass is 9.91. The van der Waals surface area contributed by atoms with Crippen LogP contribution in [-0.4, -0.2) is 27.0 Å². The highest BCUT2D eigenvalue weighted by molar-refractivity contribution is 7.07. The van der Waals surface area contributed by atoms with Crippen LogP contribution in [-0.2, 0) is 9.53 Å². The molecule has 0 fully saturated rings. The number of thiazole rings is 1. The molecule has 0 spiro atoms. The van der Waals surface area contributed by atoms with E-state index in [2.05, 4.69) is 13.8 Å². The summed E-state index contributed by atoms with van der Waals surface area (Å²) in [6, 6.07) is 25.9. The van der Waals surface area contributed by atoms with Gasteiger partial charge in [0, 0.05) is 17.2 Å². The van der Waals surface area contributed by atoms with E-state index in [0.29, 0.717) is 27.2 Å². The van der Waals surface area contributed by atoms with Crippen LogP contribution in [0.5, 0.6) is 11.5 Å². The summed E-state index contributed by atoms with van der Waals surface area (Å²) in [6.45, 7) is 6.00. The first kappa shape index (κ1) is 33.7. The number of hydrogen-bond acceptors (Lipinski definition) is 10. The Kier molecular flexibility index (Phi) is 9.50. The zero-order chi connectivity index (χ0) is 35.5. The lowest BCUT2D eigenvalue weighted by molar-refractivity contribution is -0.394. The third-order valence-corrected chi connectivity index (χ3v) is 9.05. The van der Waals surface area contributed by atoms with E-state index < -0.39 is 38.8 Å². The summed E-state index contributed by atoms with van der Waals surface area (Å²) in [4.78, 5) is 54.9. The van der Waals surface area contributed by atoms with E-state index in [9.17, 15) is 29.8 Å². The van der Waals surface area contributed by atoms with Crippen molar-refractivity contribution in [2.75, 3.05) is 6.61 Å². The number of carbonyl (C=O) groups is 1. The molecule has 1 atom stereocenters. The van der Waals surface area contributed by atoms with Crippen molar-refractivity contribution in [2.24, 2.45) is 4.99 Å². The summed E-state index contributed by atoms with van der Waals surface area (Å²) in [5.74, 6) is -0.362. The smallest absolute Gasteiger partial charge is 0.338 e. The van der Waals surface area contributed by atoms with Crippen molar-refractivity contribution >= 4 is 40.5 Å². The van der Waals surface area contributed by atoms with Crippen LogP contribution in [0.15, 0.2) is 112 Å². The second-order valence-electron chi connectivity index (χ2n) is 11.6. The summed E-state index contributed by atoms with van der Waals surface area (Å²) in [5.41, 5.74) is 2.04. The van der Waals surface area contributed by atoms with Gasteiger partial charge in [-0.05, 0) is 42.2 Å². The van der Waals surface area contributed by atoms with Gasteiger partial charge in [-0.2, -0.15) is 0 Å². The molecule has 0 saturated heterocycles. The maximum Gasteiger partial charge on any atom is 0.338 e. The minimum absolute atomic E-state index is 0.123. The molecule has 1 aliphatic rings. The molecule has 0 unspecified atom stereocenters. The summed E-state index contributed by atoms with van der Waals surface area (Å²) < 4.78 is 13.2. The molecule has 4 aromatic carbocycles. The second-order valence-corrected chi connectivity index (χ2v) is 12.6. The number of esters is 1. The Morgan fingerprint density at radius 3 is 2.30 bits per heavy atom. The molecule has 0 saturated carbocycles. The van der Waals surface area contributed by atoms with Gasteiger partial charge in [-0.3, -0.25) is 29.6 Å². The Morgan fingerprint density at radius 2 is 1.64 bits per heavy atom. The average molecular weight is 691 g/mol. The third kappa shape index (κ3) is 6.58. The van der Waals surface area contributed by atoms with Gasteiger partial charge in [-0.15, -0.1) is 0 Å². The van der Waals surface area contributed by atoms with E-state index in [-0.39, 0.29) is 34.1 Å². The Morgan fingerprint density at radius 1 is 0.940 bits per heavy atom. The molecule has 5 aromatic rings. The van der Waals surface area contributed by atoms with Crippen molar-refractivity contribution in [2.45, 2.75) is 32.7 Å². The van der Waals surface area contributed by atoms with E-state index in [1.54, 1.807) is 37.3 Å². The maximum absolute atomic E-state index is 14.4. The van der Waals surface area contributed by atoms with Gasteiger partial charge < -0.3 is 9.47 Å². The SMILES string of the molecule is CCOC(=O)C1=C(c2ccccc2)N=c2s/c(=C/c3ccccc3Oc3ccc([N+](=O)[O-])cc3[N+](=O)[O-])c(=O)n2[C@@H]1c1ccc(C(C)C)cc1. The molecule has 13 heteroatoms. The van der Waals surface area contributed by atoms with Crippen LogP contribution in [0.4, 0.5) is 11.4 Å². The third-order valence-electron chi connectivity index (χ3n) is 8.07. The molecule has 0 N–H and O–H groups in total. The van der Waals surface area contributed by atoms with E-state index in [4.69, 9.17) is 14.5 Å². The number of carbonyl (C=O) groups excluding carboxylic acids is 1. The average Bonchev–Trinajstić information content (AvgIpc) is 3.42. The molecule has 0 radical (unpaired) electrons. The van der Waals surface area contributed by atoms with E-state index in [0.717, 1.165) is 35.1 Å². The molecule has 252 valence electrons. The van der Waals surface area contributed by atoms with Gasteiger partial charge in [-0.25, -0.2) is 9.79 Å². The van der Waals surface area contributed by atoms with Gasteiger partial charge in [0.05, 0.1) is 44.4 Å². The molecule has 1 aliphatic heterocycles. The summed E-state index contributed by atoms with van der Waals surface area (Å²) in [6.07, 6.45) is 1.59. The van der Waals surface area contributed by atoms with Crippen LogP contribution in [0.3, 0.4) is 0 Å². The summed E-state index contributed by atoms with van der Waals surface area (Å²) >= 11 is 1.12. The van der Waals surface area contributed by atoms with E-state index in [1.807, 2.05) is 54.6 Å². The Hall–Kier alpha value is -6.21. The summed E-state index contributed by atoms with van der Waals surface area (Å²) in [5, 5.41) is 23.0. The van der Waals surface area contributed by atoms with Crippen LogP contribution in [0.2, 0.25) is 0 Å². The van der Waals surface area contributed by atoms with Gasteiger partial charge in [0.15, 0.2) is 4.80 Å². The first-order valence-corrected chi connectivity index (χ1v) is 16.5. The van der Waals surface area contributed by atoms with Crippen molar-refractivity contribution in [3.63, 3.8) is 0 Å². The highest BCUT2D eigenvalue weighted by Gasteiger charge is 2.35. The fourth-order valence-corrected chi connectivity index (χ4v) is 6.61. The van der Waals surface area contributed by atoms with Crippen LogP contribution in [0.25, 0.3) is 11.8 Å². The predicted molar refractivity (Wildman–Crippen MR) is 188 cm³/mol. The van der Waals surface area contributed by atoms with Crippen molar-refractivity contribution < 1.29 is 24.1 Å². The molecule has 0 aliphatic carbocycles. The van der Waals surface area contributed by atoms with Crippen LogP contribution in [0.1, 0.15) is 55.0 Å². The van der Waals surface area contributed by atoms with Gasteiger partial charge in [0.2, 0.25) is 5.75 Å². The molecule has 50 heavy (non-hydrogen) atoms. The minimum Gasteiger partial charge on any atom is -0.463 e. The van der Waals surface area contributed by atoms with Gasteiger partial charge in [-0.1, -0.05) is 98.0 Å². The first-order valence-electron chi connectivity index (χ1n) is 15.7. The van der Waals surface area contributed by atoms with Crippen molar-refractivity contribution in [1.82, 2.24) is 4.57 Å². The minimum atomic E-state index is -0.863. The van der Waals surface area contributed by atoms with Crippen molar-refractivity contribution in [3.05, 3.63) is 165 Å². The van der Waals surface area contributed by atoms with E-state index in [1.165, 1.54) is 4.57 Å². The maximum atomic E-state index is 14.4. The zero-order valence-corrected chi connectivity index (χ0v) is 28.0. The molecule has 2 heterocycles. The van der Waals surface area contributed by atoms with Gasteiger partial charge in [0.25, 0.3) is 11.2 Å². The molecule has 0 bridgehead atoms. The van der Waals surface area contributed by atoms with Gasteiger partial charge in [0.1, 0.15) is 5.75 Å². The van der Waals surface area contributed by atoms with Crippen molar-refractivity contribution in [3.8, 4) is 11.5 Å². The molecule has 0 amide bonds. The number of para-hydroxylation sites is 1. The number of nitro benzene ring substituents is 2. The number of nitro groups is 2. The predicted octanol–water partition coefficient (Wildman–Crippen LogP) is 6.67. The van der Waals surface area contributed by atoms with E-state index >= 15 is 0 Å². The van der Waals surface area contributed by atoms with Crippen LogP contribution < -0.4 is 19.6 Å². The topological polar surface area (TPSA) is 156 Å². The molecular formula is C37H30N4O8S. The summed E-state index contributed by atoms with van der Waals surface area (Å²) in [7, 11) is 0. The van der Waals surface area contributed by atoms with Crippen LogP contribution in [0, 0.1) is 20.2 Å². The van der Waals surface area contributed by atoms with Crippen molar-refractivity contribution in [1.29, 1.82) is 0 Å². The number of nitrogens with zero attached hydrogens (tertiary/aromatic N) is 4. The Labute approximate surface area is 289 Å². The van der Waals surface area contributed by atoms with Crippen LogP contribution >= 0.6 is 11.3 Å². The Balaban J connectivity index is 1.54. The number of aromatic nitrogens is 1. The molecule has 6 rings (SSSR count). The zero-order valence-electron chi connectivity index (χ0n) is 27.1. The molecule has 12 nitrogen and oxygen atoms in total. The standard InChI is InChI=1S/C37H30N4O8S/c1-4-48-36(43)32-33(24-10-6-5-7-11-24)38-37-39(34(32)25-16-14-23(15-17-25)22(2)3)35(42)31(50-37)20-26-12-8-9-13-29(26)49-30-19-18-27(40(44)45)21-28(30)41(46)47/h5-22,34H,4H2,1-3H3/b31-20+/t34-/m1/s1. The lowest BCUT2D eigenvalue weighted by Crippen LogP contribution is -2.40. The monoisotopic (exact) mass is 690 g/mol. The highest BCUT2D eigenvalue weighted by atomic mass is 32.1. The Bertz CT molecular complexity index is 2350. The fraction of sp³-hybridized carbons (Fsp3) is 0.162. The number of non-ortho nitro benzene ring substituents is 1. The second kappa shape index (κ2) is 14.1. The highest BCUT2D eigenvalue weighted by Crippen LogP contribution is 2.37. The normalized spacial score (nSPS) is 14.2. The number of hydrogen-bond donors (Lipinski definition) is 0. The molecule has 1 aromatic heterocycles. The lowest BCUT2D eigenvalue weighted by Gasteiger charge is -2.26. The molecular weight excluding hydrogens is 660 g/mol. The number of rotatable bonds is 10. The van der Waals surface area contributed by atoms with Gasteiger partial charge >= 0.3 is 11.7 Å². The quantitative estimate of drug-likeness (QED) is 0.0894. The largest absolute Gasteiger partial charge is 0.463 e. The first-order chi connectivity index (χ1) is 24.1. The fourth-order valence-electron chi connectivity index (χ4n) is 5.62. The number of ether oxygens (including phenoxy) is 2. The number of fused-ring (bicyclic) bond motifs is 1.